The second-order valence-electron chi connectivity index (χ2n) is 17.3. The molecule has 6 heteroatoms. The number of hydrogen-bond acceptors (Lipinski definition) is 6. The van der Waals surface area contributed by atoms with E-state index in [1.807, 2.05) is 0 Å². The van der Waals surface area contributed by atoms with Crippen LogP contribution >= 0.6 is 0 Å². The summed E-state index contributed by atoms with van der Waals surface area (Å²) in [5.41, 5.74) is 0. The van der Waals surface area contributed by atoms with Gasteiger partial charge in [-0.25, -0.2) is 0 Å². The molecule has 0 spiro atoms. The molecule has 0 heterocycles. The van der Waals surface area contributed by atoms with Crippen molar-refractivity contribution < 1.29 is 28.6 Å². The van der Waals surface area contributed by atoms with Crippen LogP contribution in [0.1, 0.15) is 259 Å². The third-order valence-corrected chi connectivity index (χ3v) is 10.7. The summed E-state index contributed by atoms with van der Waals surface area (Å²) in [6, 6.07) is 0. The average molecular weight is 765 g/mol. The number of unbranched alkanes of at least 4 members (excludes halogenated alkanes) is 27. The van der Waals surface area contributed by atoms with Crippen molar-refractivity contribution in [3.8, 4) is 0 Å². The largest absolute Gasteiger partial charge is 0.462 e. The first-order valence-electron chi connectivity index (χ1n) is 23.7. The van der Waals surface area contributed by atoms with Crippen LogP contribution in [-0.2, 0) is 28.6 Å². The van der Waals surface area contributed by atoms with Gasteiger partial charge in [0.15, 0.2) is 6.10 Å². The first kappa shape index (κ1) is 52.4. The first-order valence-corrected chi connectivity index (χ1v) is 23.7. The zero-order chi connectivity index (χ0) is 39.7. The molecule has 0 rings (SSSR count). The second kappa shape index (κ2) is 41.1. The summed E-state index contributed by atoms with van der Waals surface area (Å²) in [4.78, 5) is 37.8. The Balaban J connectivity index is 4.34. The van der Waals surface area contributed by atoms with Gasteiger partial charge in [0.1, 0.15) is 13.2 Å². The molecule has 0 aliphatic heterocycles. The summed E-state index contributed by atoms with van der Waals surface area (Å²) < 4.78 is 16.7. The summed E-state index contributed by atoms with van der Waals surface area (Å²) >= 11 is 0. The molecule has 0 fully saturated rings. The van der Waals surface area contributed by atoms with Crippen LogP contribution in [0.4, 0.5) is 0 Å². The Labute approximate surface area is 336 Å². The van der Waals surface area contributed by atoms with Gasteiger partial charge in [-0.2, -0.15) is 0 Å². The number of carbonyl (C=O) groups is 3. The van der Waals surface area contributed by atoms with Crippen LogP contribution in [-0.4, -0.2) is 37.2 Å². The fraction of sp³-hybridized carbons (Fsp3) is 0.938. The molecule has 320 valence electrons. The van der Waals surface area contributed by atoms with Gasteiger partial charge in [0.25, 0.3) is 0 Å². The minimum atomic E-state index is -0.760. The van der Waals surface area contributed by atoms with Crippen LogP contribution in [0.25, 0.3) is 0 Å². The average Bonchev–Trinajstić information content (AvgIpc) is 3.14. The van der Waals surface area contributed by atoms with E-state index >= 15 is 0 Å². The van der Waals surface area contributed by atoms with Gasteiger partial charge in [-0.05, 0) is 31.1 Å². The highest BCUT2D eigenvalue weighted by Crippen LogP contribution is 2.17. The van der Waals surface area contributed by atoms with Crippen molar-refractivity contribution in [2.24, 2.45) is 11.8 Å². The van der Waals surface area contributed by atoms with E-state index in [1.54, 1.807) is 0 Å². The maximum atomic E-state index is 12.7. The SMILES string of the molecule is CCCCCCCCCCCCCC(=O)OC[C@@H](COC(=O)CCCCCCCCCCCC(C)C)OC(=O)CCCCCCCCCCCCC(C)C. The normalized spacial score (nSPS) is 12.1. The number of hydrogen-bond donors (Lipinski definition) is 0. The van der Waals surface area contributed by atoms with E-state index in [0.29, 0.717) is 19.3 Å². The molecule has 0 unspecified atom stereocenters. The lowest BCUT2D eigenvalue weighted by atomic mass is 10.0. The Hall–Kier alpha value is -1.59. The summed E-state index contributed by atoms with van der Waals surface area (Å²) in [5, 5.41) is 0. The lowest BCUT2D eigenvalue weighted by molar-refractivity contribution is -0.167. The molecule has 0 radical (unpaired) electrons. The van der Waals surface area contributed by atoms with E-state index in [2.05, 4.69) is 34.6 Å². The lowest BCUT2D eigenvalue weighted by Crippen LogP contribution is -2.30. The van der Waals surface area contributed by atoms with E-state index in [1.165, 1.54) is 148 Å². The van der Waals surface area contributed by atoms with Crippen LogP contribution in [0, 0.1) is 11.8 Å². The molecule has 1 atom stereocenters. The summed E-state index contributed by atoms with van der Waals surface area (Å²) in [5.74, 6) is 0.769. The monoisotopic (exact) mass is 765 g/mol. The van der Waals surface area contributed by atoms with Crippen molar-refractivity contribution in [1.29, 1.82) is 0 Å². The third-order valence-electron chi connectivity index (χ3n) is 10.7. The zero-order valence-corrected chi connectivity index (χ0v) is 36.8. The van der Waals surface area contributed by atoms with Crippen molar-refractivity contribution in [3.63, 3.8) is 0 Å². The first-order chi connectivity index (χ1) is 26.2. The molecular formula is C48H92O6. The van der Waals surface area contributed by atoms with Crippen LogP contribution in [0.3, 0.4) is 0 Å². The van der Waals surface area contributed by atoms with Crippen LogP contribution < -0.4 is 0 Å². The highest BCUT2D eigenvalue weighted by Gasteiger charge is 2.19. The van der Waals surface area contributed by atoms with Gasteiger partial charge in [-0.3, -0.25) is 14.4 Å². The Morgan fingerprint density at radius 1 is 0.352 bits per heavy atom. The summed E-state index contributed by atoms with van der Waals surface area (Å²) in [6.07, 6.45) is 39.4. The quantitative estimate of drug-likeness (QED) is 0.0350. The lowest BCUT2D eigenvalue weighted by Gasteiger charge is -2.18. The molecule has 0 aromatic rings. The van der Waals surface area contributed by atoms with Gasteiger partial charge in [0, 0.05) is 19.3 Å². The topological polar surface area (TPSA) is 78.9 Å². The molecule has 0 aliphatic carbocycles. The smallest absolute Gasteiger partial charge is 0.306 e. The number of esters is 3. The molecule has 54 heavy (non-hydrogen) atoms. The molecule has 6 nitrogen and oxygen atoms in total. The Bertz CT molecular complexity index is 824. The Kier molecular flexibility index (Phi) is 39.8. The van der Waals surface area contributed by atoms with Crippen molar-refractivity contribution in [2.45, 2.75) is 265 Å². The third kappa shape index (κ3) is 41.6. The van der Waals surface area contributed by atoms with Gasteiger partial charge < -0.3 is 14.2 Å². The van der Waals surface area contributed by atoms with E-state index in [0.717, 1.165) is 69.6 Å². The summed E-state index contributed by atoms with van der Waals surface area (Å²) in [6.45, 7) is 11.3. The van der Waals surface area contributed by atoms with Gasteiger partial charge in [-0.15, -0.1) is 0 Å². The van der Waals surface area contributed by atoms with E-state index in [-0.39, 0.29) is 31.1 Å². The number of carbonyl (C=O) groups excluding carboxylic acids is 3. The predicted molar refractivity (Wildman–Crippen MR) is 229 cm³/mol. The highest BCUT2D eigenvalue weighted by molar-refractivity contribution is 5.71. The van der Waals surface area contributed by atoms with Crippen molar-refractivity contribution in [2.75, 3.05) is 13.2 Å². The van der Waals surface area contributed by atoms with Crippen molar-refractivity contribution in [3.05, 3.63) is 0 Å². The Morgan fingerprint density at radius 2 is 0.611 bits per heavy atom. The zero-order valence-electron chi connectivity index (χ0n) is 36.8. The number of rotatable bonds is 42. The van der Waals surface area contributed by atoms with Crippen LogP contribution in [0.5, 0.6) is 0 Å². The van der Waals surface area contributed by atoms with E-state index < -0.39 is 6.10 Å². The minimum absolute atomic E-state index is 0.0647. The summed E-state index contributed by atoms with van der Waals surface area (Å²) in [7, 11) is 0. The molecule has 0 aromatic carbocycles. The van der Waals surface area contributed by atoms with Gasteiger partial charge in [0.2, 0.25) is 0 Å². The maximum Gasteiger partial charge on any atom is 0.306 e. The molecule has 0 aromatic heterocycles. The molecule has 0 bridgehead atoms. The molecule has 0 N–H and O–H groups in total. The molecule has 0 aliphatic rings. The highest BCUT2D eigenvalue weighted by atomic mass is 16.6. The Morgan fingerprint density at radius 3 is 0.907 bits per heavy atom. The van der Waals surface area contributed by atoms with Crippen molar-refractivity contribution in [1.82, 2.24) is 0 Å². The second-order valence-corrected chi connectivity index (χ2v) is 17.3. The van der Waals surface area contributed by atoms with Gasteiger partial charge >= 0.3 is 17.9 Å². The fourth-order valence-corrected chi connectivity index (χ4v) is 7.11. The van der Waals surface area contributed by atoms with Crippen LogP contribution in [0.15, 0.2) is 0 Å². The standard InChI is InChI=1S/C48H92O6/c1-6-7-8-9-10-11-12-18-23-28-33-38-46(49)52-41-45(42-53-47(50)39-34-29-24-20-15-17-22-27-32-37-44(4)5)54-48(51)40-35-30-25-19-14-13-16-21-26-31-36-43(2)3/h43-45H,6-42H2,1-5H3/t45-/m0/s1. The van der Waals surface area contributed by atoms with Gasteiger partial charge in [-0.1, -0.05) is 221 Å². The molecular weight excluding hydrogens is 673 g/mol. The maximum absolute atomic E-state index is 12.7. The van der Waals surface area contributed by atoms with Crippen molar-refractivity contribution >= 4 is 17.9 Å². The van der Waals surface area contributed by atoms with E-state index in [4.69, 9.17) is 14.2 Å². The predicted octanol–water partition coefficient (Wildman–Crippen LogP) is 15.0. The molecule has 0 saturated carbocycles. The number of ether oxygens (including phenoxy) is 3. The van der Waals surface area contributed by atoms with Gasteiger partial charge in [0.05, 0.1) is 0 Å². The fourth-order valence-electron chi connectivity index (χ4n) is 7.11. The molecule has 0 saturated heterocycles. The molecule has 0 amide bonds. The minimum Gasteiger partial charge on any atom is -0.462 e. The van der Waals surface area contributed by atoms with E-state index in [9.17, 15) is 14.4 Å². The van der Waals surface area contributed by atoms with Crippen LogP contribution in [0.2, 0.25) is 0 Å².